The molecule has 1 unspecified atom stereocenters. The highest BCUT2D eigenvalue weighted by Crippen LogP contribution is 2.11. The lowest BCUT2D eigenvalue weighted by Crippen LogP contribution is -2.38. The molecule has 0 aromatic heterocycles. The second-order valence-corrected chi connectivity index (χ2v) is 4.71. The molecule has 1 saturated heterocycles. The summed E-state index contributed by atoms with van der Waals surface area (Å²) in [6.45, 7) is 0.470. The maximum Gasteiger partial charge on any atom is 0.252 e. The van der Waals surface area contributed by atoms with E-state index in [-0.39, 0.29) is 24.4 Å². The summed E-state index contributed by atoms with van der Waals surface area (Å²) in [5.41, 5.74) is 5.88. The lowest BCUT2D eigenvalue weighted by molar-refractivity contribution is -0.119. The molecule has 0 bridgehead atoms. The molecule has 1 aliphatic heterocycles. The molecule has 1 aliphatic rings. The predicted molar refractivity (Wildman–Crippen MR) is 75.8 cm³/mol. The molecule has 1 aromatic rings. The molecule has 6 heteroatoms. The number of carbonyl (C=O) groups is 2. The largest absolute Gasteiger partial charge is 0.352 e. The number of hydrogen-bond acceptors (Lipinski definition) is 3. The van der Waals surface area contributed by atoms with Crippen molar-refractivity contribution in [2.45, 2.75) is 18.9 Å². The first-order valence-corrected chi connectivity index (χ1v) is 6.66. The van der Waals surface area contributed by atoms with E-state index in [1.807, 2.05) is 0 Å². The van der Waals surface area contributed by atoms with Gasteiger partial charge in [-0.25, -0.2) is 4.39 Å². The van der Waals surface area contributed by atoms with Gasteiger partial charge in [0.2, 0.25) is 5.91 Å². The molecule has 2 rings (SSSR count). The fraction of sp³-hybridized carbons (Fsp3) is 0.333. The number of benzene rings is 1. The normalized spacial score (nSPS) is 16.9. The van der Waals surface area contributed by atoms with Crippen LogP contribution in [0.2, 0.25) is 0 Å². The minimum absolute atomic E-state index is 0.00877. The van der Waals surface area contributed by atoms with Gasteiger partial charge in [-0.2, -0.15) is 0 Å². The lowest BCUT2D eigenvalue weighted by Gasteiger charge is -2.12. The van der Waals surface area contributed by atoms with E-state index in [4.69, 9.17) is 5.73 Å². The van der Waals surface area contributed by atoms with Crippen LogP contribution in [0.3, 0.4) is 0 Å². The van der Waals surface area contributed by atoms with Crippen LogP contribution in [0.15, 0.2) is 18.2 Å². The van der Waals surface area contributed by atoms with Crippen molar-refractivity contribution in [1.29, 1.82) is 0 Å². The maximum atomic E-state index is 13.2. The Balaban J connectivity index is 2.06. The summed E-state index contributed by atoms with van der Waals surface area (Å²) in [6.07, 6.45) is 1.17. The fourth-order valence-corrected chi connectivity index (χ4v) is 2.11. The first-order valence-electron chi connectivity index (χ1n) is 6.66. The first-order chi connectivity index (χ1) is 10.1. The van der Waals surface area contributed by atoms with Crippen LogP contribution in [0.25, 0.3) is 0 Å². The Hall–Kier alpha value is -2.39. The quantitative estimate of drug-likeness (QED) is 0.692. The number of nitrogens with two attached hydrogens (primary N) is 1. The highest BCUT2D eigenvalue weighted by Gasteiger charge is 2.21. The van der Waals surface area contributed by atoms with Gasteiger partial charge in [-0.3, -0.25) is 9.59 Å². The number of carbonyl (C=O) groups excluding carboxylic acids is 2. The minimum atomic E-state index is -0.462. The summed E-state index contributed by atoms with van der Waals surface area (Å²) in [4.78, 5) is 23.2. The summed E-state index contributed by atoms with van der Waals surface area (Å²) >= 11 is 0. The van der Waals surface area contributed by atoms with Gasteiger partial charge in [-0.1, -0.05) is 11.8 Å². The third-order valence-corrected chi connectivity index (χ3v) is 3.15. The van der Waals surface area contributed by atoms with Crippen LogP contribution >= 0.6 is 0 Å². The van der Waals surface area contributed by atoms with Crippen LogP contribution in [0.4, 0.5) is 4.39 Å². The second kappa shape index (κ2) is 6.86. The minimum Gasteiger partial charge on any atom is -0.352 e. The van der Waals surface area contributed by atoms with Gasteiger partial charge in [0.25, 0.3) is 5.91 Å². The van der Waals surface area contributed by atoms with E-state index in [2.05, 4.69) is 22.5 Å². The fourth-order valence-electron chi connectivity index (χ4n) is 2.11. The molecule has 1 atom stereocenters. The number of amides is 2. The monoisotopic (exact) mass is 289 g/mol. The van der Waals surface area contributed by atoms with Crippen molar-refractivity contribution < 1.29 is 14.0 Å². The van der Waals surface area contributed by atoms with Crippen LogP contribution in [0.5, 0.6) is 0 Å². The van der Waals surface area contributed by atoms with Crippen molar-refractivity contribution in [2.75, 3.05) is 13.1 Å². The molecule has 0 saturated carbocycles. The van der Waals surface area contributed by atoms with Crippen LogP contribution in [-0.4, -0.2) is 30.9 Å². The highest BCUT2D eigenvalue weighted by atomic mass is 19.1. The van der Waals surface area contributed by atoms with Crippen molar-refractivity contribution >= 4 is 11.8 Å². The van der Waals surface area contributed by atoms with Gasteiger partial charge in [0.15, 0.2) is 0 Å². The molecule has 1 heterocycles. The van der Waals surface area contributed by atoms with Crippen LogP contribution in [0, 0.1) is 17.7 Å². The van der Waals surface area contributed by atoms with Crippen molar-refractivity contribution in [3.05, 3.63) is 35.1 Å². The van der Waals surface area contributed by atoms with Crippen LogP contribution in [-0.2, 0) is 4.79 Å². The number of hydrogen-bond donors (Lipinski definition) is 3. The van der Waals surface area contributed by atoms with E-state index < -0.39 is 5.82 Å². The number of rotatable bonds is 3. The Morgan fingerprint density at radius 1 is 1.52 bits per heavy atom. The summed E-state index contributed by atoms with van der Waals surface area (Å²) in [6, 6.07) is 3.74. The molecular weight excluding hydrogens is 273 g/mol. The Labute approximate surface area is 122 Å². The van der Waals surface area contributed by atoms with Crippen molar-refractivity contribution in [1.82, 2.24) is 10.6 Å². The van der Waals surface area contributed by atoms with Crippen molar-refractivity contribution in [3.63, 3.8) is 0 Å². The SMILES string of the molecule is NCC#Cc1cc(F)ccc1C(=O)NCC1CCC(=O)N1. The van der Waals surface area contributed by atoms with Gasteiger partial charge >= 0.3 is 0 Å². The van der Waals surface area contributed by atoms with Crippen molar-refractivity contribution in [3.8, 4) is 11.8 Å². The molecule has 5 nitrogen and oxygen atoms in total. The van der Waals surface area contributed by atoms with Gasteiger partial charge in [0, 0.05) is 24.6 Å². The third-order valence-electron chi connectivity index (χ3n) is 3.15. The standard InChI is InChI=1S/C15H16FN3O2/c16-11-3-5-13(10(8-11)2-1-7-17)15(21)18-9-12-4-6-14(20)19-12/h3,5,8,12H,4,6-7,9,17H2,(H,18,21)(H,19,20). The molecule has 0 radical (unpaired) electrons. The van der Waals surface area contributed by atoms with E-state index in [0.717, 1.165) is 0 Å². The Kier molecular flexibility index (Phi) is 4.90. The zero-order valence-corrected chi connectivity index (χ0v) is 11.4. The average molecular weight is 289 g/mol. The van der Waals surface area contributed by atoms with Gasteiger partial charge < -0.3 is 16.4 Å². The van der Waals surface area contributed by atoms with Gasteiger partial charge in [0.1, 0.15) is 5.82 Å². The van der Waals surface area contributed by atoms with E-state index in [0.29, 0.717) is 30.5 Å². The molecule has 1 aromatic carbocycles. The molecule has 2 amide bonds. The lowest BCUT2D eigenvalue weighted by atomic mass is 10.1. The van der Waals surface area contributed by atoms with Crippen LogP contribution in [0.1, 0.15) is 28.8 Å². The molecule has 0 spiro atoms. The van der Waals surface area contributed by atoms with Crippen molar-refractivity contribution in [2.24, 2.45) is 5.73 Å². The van der Waals surface area contributed by atoms with E-state index in [9.17, 15) is 14.0 Å². The number of nitrogens with one attached hydrogen (secondary N) is 2. The zero-order chi connectivity index (χ0) is 15.2. The molecule has 21 heavy (non-hydrogen) atoms. The molecule has 4 N–H and O–H groups in total. The molecule has 1 fully saturated rings. The van der Waals surface area contributed by atoms with E-state index in [1.165, 1.54) is 18.2 Å². The average Bonchev–Trinajstić information content (AvgIpc) is 2.88. The molecule has 110 valence electrons. The molecule has 0 aliphatic carbocycles. The second-order valence-electron chi connectivity index (χ2n) is 4.71. The summed E-state index contributed by atoms with van der Waals surface area (Å²) < 4.78 is 13.2. The molecular formula is C15H16FN3O2. The zero-order valence-electron chi connectivity index (χ0n) is 11.4. The Bertz CT molecular complexity index is 619. The van der Waals surface area contributed by atoms with E-state index >= 15 is 0 Å². The highest BCUT2D eigenvalue weighted by molar-refractivity contribution is 5.96. The topological polar surface area (TPSA) is 84.2 Å². The van der Waals surface area contributed by atoms with Gasteiger partial charge in [-0.15, -0.1) is 0 Å². The maximum absolute atomic E-state index is 13.2. The number of halogens is 1. The summed E-state index contributed by atoms with van der Waals surface area (Å²) in [5, 5.41) is 5.48. The van der Waals surface area contributed by atoms with Crippen LogP contribution < -0.4 is 16.4 Å². The predicted octanol–water partition coefficient (Wildman–Crippen LogP) is 0.144. The third kappa shape index (κ3) is 4.04. The Morgan fingerprint density at radius 2 is 2.33 bits per heavy atom. The first kappa shape index (κ1) is 15.0. The van der Waals surface area contributed by atoms with Gasteiger partial charge in [0.05, 0.1) is 12.1 Å². The summed E-state index contributed by atoms with van der Waals surface area (Å²) in [5.74, 6) is 4.47. The van der Waals surface area contributed by atoms with Gasteiger partial charge in [-0.05, 0) is 24.6 Å². The summed E-state index contributed by atoms with van der Waals surface area (Å²) in [7, 11) is 0. The smallest absolute Gasteiger partial charge is 0.252 e. The Morgan fingerprint density at radius 3 is 3.00 bits per heavy atom. The van der Waals surface area contributed by atoms with E-state index in [1.54, 1.807) is 0 Å².